The van der Waals surface area contributed by atoms with E-state index < -0.39 is 22.8 Å². The number of carbonyl (C=O) groups is 3. The molecule has 0 unspecified atom stereocenters. The maximum atomic E-state index is 12.9. The number of nitro groups is 1. The van der Waals surface area contributed by atoms with Crippen LogP contribution >= 0.6 is 22.7 Å². The lowest BCUT2D eigenvalue weighted by atomic mass is 10.1. The lowest BCUT2D eigenvalue weighted by molar-refractivity contribution is -0.380. The van der Waals surface area contributed by atoms with Crippen LogP contribution in [0.2, 0.25) is 0 Å². The summed E-state index contributed by atoms with van der Waals surface area (Å²) < 4.78 is 10.3. The van der Waals surface area contributed by atoms with Gasteiger partial charge in [-0.2, -0.15) is 10.1 Å². The van der Waals surface area contributed by atoms with Crippen molar-refractivity contribution in [2.75, 3.05) is 18.2 Å². The van der Waals surface area contributed by atoms with Gasteiger partial charge in [-0.15, -0.1) is 11.3 Å². The number of anilines is 1. The fourth-order valence-electron chi connectivity index (χ4n) is 2.77. The maximum absolute atomic E-state index is 12.9. The number of amides is 1. The minimum absolute atomic E-state index is 0.0293. The van der Waals surface area contributed by atoms with Gasteiger partial charge < -0.3 is 9.47 Å². The summed E-state index contributed by atoms with van der Waals surface area (Å²) in [5, 5.41) is 15.8. The zero-order chi connectivity index (χ0) is 23.8. The first-order valence-electron chi connectivity index (χ1n) is 9.85. The van der Waals surface area contributed by atoms with Crippen molar-refractivity contribution in [1.29, 1.82) is 0 Å². The molecule has 0 atom stereocenters. The van der Waals surface area contributed by atoms with E-state index in [1.807, 2.05) is 6.92 Å². The van der Waals surface area contributed by atoms with Gasteiger partial charge in [0.05, 0.1) is 33.5 Å². The van der Waals surface area contributed by atoms with Crippen molar-refractivity contribution in [1.82, 2.24) is 0 Å². The molecular weight excluding hydrogens is 458 g/mol. The Labute approximate surface area is 192 Å². The van der Waals surface area contributed by atoms with Gasteiger partial charge in [0.1, 0.15) is 10.6 Å². The van der Waals surface area contributed by atoms with Crippen LogP contribution in [-0.4, -0.2) is 42.7 Å². The van der Waals surface area contributed by atoms with Gasteiger partial charge in [0.25, 0.3) is 0 Å². The molecule has 0 spiro atoms. The summed E-state index contributed by atoms with van der Waals surface area (Å²) in [6, 6.07) is 2.77. The van der Waals surface area contributed by atoms with Gasteiger partial charge in [-0.05, 0) is 26.3 Å². The van der Waals surface area contributed by atoms with Crippen LogP contribution in [-0.2, 0) is 14.3 Å². The molecule has 0 aliphatic carbocycles. The second kappa shape index (κ2) is 11.5. The second-order valence-corrected chi connectivity index (χ2v) is 8.33. The molecule has 0 bridgehead atoms. The summed E-state index contributed by atoms with van der Waals surface area (Å²) in [5.74, 6) is -2.06. The predicted molar refractivity (Wildman–Crippen MR) is 123 cm³/mol. The Morgan fingerprint density at radius 2 is 1.72 bits per heavy atom. The first-order valence-corrected chi connectivity index (χ1v) is 11.5. The minimum Gasteiger partial charge on any atom is -0.462 e. The number of unbranched alkanes of at least 4 members (excludes halogenated alkanes) is 1. The fourth-order valence-corrected chi connectivity index (χ4v) is 4.97. The highest BCUT2D eigenvalue weighted by Gasteiger charge is 2.35. The second-order valence-electron chi connectivity index (χ2n) is 6.27. The third-order valence-corrected chi connectivity index (χ3v) is 6.54. The van der Waals surface area contributed by atoms with Crippen molar-refractivity contribution in [3.05, 3.63) is 33.4 Å². The molecule has 0 aliphatic rings. The Kier molecular flexibility index (Phi) is 9.02. The molecule has 0 fully saturated rings. The van der Waals surface area contributed by atoms with Crippen molar-refractivity contribution in [3.63, 3.8) is 0 Å². The molecule has 0 saturated carbocycles. The summed E-state index contributed by atoms with van der Waals surface area (Å²) in [4.78, 5) is 49.7. The van der Waals surface area contributed by atoms with Crippen molar-refractivity contribution in [3.8, 4) is 9.75 Å². The number of thiophene rings is 2. The molecule has 2 heterocycles. The normalized spacial score (nSPS) is 10.5. The Bertz CT molecular complexity index is 1030. The van der Waals surface area contributed by atoms with Crippen molar-refractivity contribution >= 4 is 57.2 Å². The molecule has 2 aromatic rings. The van der Waals surface area contributed by atoms with Crippen LogP contribution in [0.3, 0.4) is 0 Å². The number of ether oxygens (including phenoxy) is 2. The quantitative estimate of drug-likeness (QED) is 0.194. The first-order chi connectivity index (χ1) is 15.3. The van der Waals surface area contributed by atoms with E-state index in [1.165, 1.54) is 12.1 Å². The van der Waals surface area contributed by atoms with Gasteiger partial charge in [0, 0.05) is 19.2 Å². The summed E-state index contributed by atoms with van der Waals surface area (Å²) in [7, 11) is 0. The number of hydrogen-bond acceptors (Lipinski definition) is 10. The molecule has 0 N–H and O–H groups in total. The number of hydrogen-bond donors (Lipinski definition) is 0. The fraction of sp³-hybridized carbons (Fsp3) is 0.400. The Morgan fingerprint density at radius 1 is 1.09 bits per heavy atom. The molecule has 0 aromatic carbocycles. The number of esters is 2. The summed E-state index contributed by atoms with van der Waals surface area (Å²) in [5.41, 5.74) is -0.308. The van der Waals surface area contributed by atoms with Gasteiger partial charge in [0.2, 0.25) is 5.91 Å². The molecular formula is C20H23N3O7S2. The van der Waals surface area contributed by atoms with E-state index in [4.69, 9.17) is 9.47 Å². The van der Waals surface area contributed by atoms with Crippen molar-refractivity contribution < 1.29 is 28.8 Å². The summed E-state index contributed by atoms with van der Waals surface area (Å²) in [6.07, 6.45) is 1.52. The number of hydrazone groups is 1. The minimum atomic E-state index is -0.837. The molecule has 32 heavy (non-hydrogen) atoms. The van der Waals surface area contributed by atoms with Crippen LogP contribution in [0.1, 0.15) is 60.7 Å². The number of rotatable bonds is 11. The summed E-state index contributed by atoms with van der Waals surface area (Å²) >= 11 is 1.76. The molecule has 12 heteroatoms. The van der Waals surface area contributed by atoms with Gasteiger partial charge in [-0.3, -0.25) is 14.9 Å². The largest absolute Gasteiger partial charge is 0.462 e. The van der Waals surface area contributed by atoms with Gasteiger partial charge >= 0.3 is 16.9 Å². The van der Waals surface area contributed by atoms with E-state index in [2.05, 4.69) is 11.8 Å². The lowest BCUT2D eigenvalue weighted by Gasteiger charge is -2.16. The van der Waals surface area contributed by atoms with Crippen molar-refractivity contribution in [2.45, 2.75) is 40.0 Å². The van der Waals surface area contributed by atoms with Crippen molar-refractivity contribution in [2.24, 2.45) is 5.10 Å². The topological polar surface area (TPSA) is 128 Å². The summed E-state index contributed by atoms with van der Waals surface area (Å²) in [6.45, 7) is 8.64. The lowest BCUT2D eigenvalue weighted by Crippen LogP contribution is -2.26. The average molecular weight is 482 g/mol. The monoisotopic (exact) mass is 481 g/mol. The van der Waals surface area contributed by atoms with Crippen LogP contribution in [0.15, 0.2) is 17.2 Å². The van der Waals surface area contributed by atoms with E-state index in [0.717, 1.165) is 34.1 Å². The molecule has 2 rings (SSSR count). The third-order valence-electron chi connectivity index (χ3n) is 4.16. The predicted octanol–water partition coefficient (Wildman–Crippen LogP) is 4.88. The van der Waals surface area contributed by atoms with E-state index >= 15 is 0 Å². The van der Waals surface area contributed by atoms with Crippen LogP contribution in [0.4, 0.5) is 10.0 Å². The highest BCUT2D eigenvalue weighted by Crippen LogP contribution is 2.46. The van der Waals surface area contributed by atoms with E-state index in [0.29, 0.717) is 11.3 Å². The molecule has 172 valence electrons. The Hall–Kier alpha value is -3.12. The van der Waals surface area contributed by atoms with E-state index in [-0.39, 0.29) is 45.6 Å². The van der Waals surface area contributed by atoms with Crippen LogP contribution in [0.25, 0.3) is 9.75 Å². The highest BCUT2D eigenvalue weighted by atomic mass is 32.1. The Balaban J connectivity index is 2.79. The molecule has 0 aliphatic heterocycles. The van der Waals surface area contributed by atoms with E-state index in [1.54, 1.807) is 13.8 Å². The van der Waals surface area contributed by atoms with Crippen LogP contribution in [0.5, 0.6) is 0 Å². The highest BCUT2D eigenvalue weighted by molar-refractivity contribution is 7.26. The van der Waals surface area contributed by atoms with Gasteiger partial charge in [-0.1, -0.05) is 24.7 Å². The number of carbonyl (C=O) groups excluding carboxylic acids is 3. The molecule has 2 aromatic heterocycles. The third kappa shape index (κ3) is 5.37. The SMILES string of the molecule is C=NN(C(=O)CCCC)c1sc(-c2ccc([N+](=O)[O-])s2)c(C(=O)OCC)c1C(=O)OCC. The smallest absolute Gasteiger partial charge is 0.342 e. The standard InChI is InChI=1S/C20H23N3O7S2/c1-5-8-9-13(24)22(21-4)18-16(20(26)30-7-3)15(19(25)29-6-2)17(32-18)12-10-11-14(31-12)23(27)28/h10-11H,4-9H2,1-3H3. The van der Waals surface area contributed by atoms with Gasteiger partial charge in [0.15, 0.2) is 0 Å². The zero-order valence-electron chi connectivity index (χ0n) is 17.9. The Morgan fingerprint density at radius 3 is 2.22 bits per heavy atom. The first kappa shape index (κ1) is 25.1. The zero-order valence-corrected chi connectivity index (χ0v) is 19.5. The molecule has 0 saturated heterocycles. The van der Waals surface area contributed by atoms with Crippen LogP contribution in [0, 0.1) is 10.1 Å². The number of nitrogens with zero attached hydrogens (tertiary/aromatic N) is 3. The molecule has 1 amide bonds. The average Bonchev–Trinajstić information content (AvgIpc) is 3.38. The van der Waals surface area contributed by atoms with E-state index in [9.17, 15) is 24.5 Å². The van der Waals surface area contributed by atoms with Crippen LogP contribution < -0.4 is 5.01 Å². The van der Waals surface area contributed by atoms with Gasteiger partial charge in [-0.25, -0.2) is 9.59 Å². The maximum Gasteiger partial charge on any atom is 0.342 e. The molecule has 10 nitrogen and oxygen atoms in total. The molecule has 0 radical (unpaired) electrons.